The Bertz CT molecular complexity index is 504. The molecule has 1 aromatic rings. The molecular formula is C14H20N4O2. The molecule has 6 heteroatoms. The van der Waals surface area contributed by atoms with Crippen molar-refractivity contribution in [2.24, 2.45) is 5.73 Å². The first-order chi connectivity index (χ1) is 9.60. The molecule has 0 spiro atoms. The van der Waals surface area contributed by atoms with E-state index in [1.54, 1.807) is 6.92 Å². The van der Waals surface area contributed by atoms with Crippen molar-refractivity contribution in [3.8, 4) is 0 Å². The summed E-state index contributed by atoms with van der Waals surface area (Å²) in [7, 11) is 0. The first-order valence-corrected chi connectivity index (χ1v) is 6.76. The Morgan fingerprint density at radius 2 is 2.15 bits per heavy atom. The third kappa shape index (κ3) is 3.48. The lowest BCUT2D eigenvalue weighted by atomic mass is 9.98. The Kier molecular flexibility index (Phi) is 4.57. The number of carbonyl (C=O) groups is 2. The molecule has 108 valence electrons. The van der Waals surface area contributed by atoms with Crippen LogP contribution in [0.3, 0.4) is 0 Å². The standard InChI is InChI=1S/C14H20N4O2/c1-2-16-14(20)17-13(19)9-18-8-11(15)7-10-5-3-4-6-12(10)18/h3-6,11H,2,7-9,15H2,1H3,(H2,16,17,19,20). The number of carbonyl (C=O) groups excluding carboxylic acids is 2. The maximum Gasteiger partial charge on any atom is 0.321 e. The fourth-order valence-electron chi connectivity index (χ4n) is 2.41. The number of nitrogens with zero attached hydrogens (tertiary/aromatic N) is 1. The van der Waals surface area contributed by atoms with Crippen LogP contribution in [0.15, 0.2) is 24.3 Å². The van der Waals surface area contributed by atoms with Crippen molar-refractivity contribution in [3.05, 3.63) is 29.8 Å². The number of nitrogens with two attached hydrogens (primary N) is 1. The summed E-state index contributed by atoms with van der Waals surface area (Å²) in [4.78, 5) is 25.1. The molecule has 2 rings (SSSR count). The molecule has 0 radical (unpaired) electrons. The van der Waals surface area contributed by atoms with Gasteiger partial charge in [-0.05, 0) is 25.0 Å². The second-order valence-corrected chi connectivity index (χ2v) is 4.88. The van der Waals surface area contributed by atoms with Gasteiger partial charge in [0.05, 0.1) is 6.54 Å². The molecule has 6 nitrogen and oxygen atoms in total. The highest BCUT2D eigenvalue weighted by molar-refractivity contribution is 5.96. The molecule has 3 amide bonds. The topological polar surface area (TPSA) is 87.5 Å². The normalized spacial score (nSPS) is 17.3. The molecule has 1 aliphatic heterocycles. The van der Waals surface area contributed by atoms with E-state index in [4.69, 9.17) is 5.73 Å². The molecule has 1 heterocycles. The largest absolute Gasteiger partial charge is 0.360 e. The quantitative estimate of drug-likeness (QED) is 0.737. The first-order valence-electron chi connectivity index (χ1n) is 6.76. The lowest BCUT2D eigenvalue weighted by Crippen LogP contribution is -2.49. The molecule has 0 saturated carbocycles. The van der Waals surface area contributed by atoms with Crippen LogP contribution in [0.5, 0.6) is 0 Å². The Morgan fingerprint density at radius 1 is 1.40 bits per heavy atom. The monoisotopic (exact) mass is 276 g/mol. The van der Waals surface area contributed by atoms with Gasteiger partial charge < -0.3 is 16.0 Å². The van der Waals surface area contributed by atoms with Crippen molar-refractivity contribution >= 4 is 17.6 Å². The van der Waals surface area contributed by atoms with Gasteiger partial charge >= 0.3 is 6.03 Å². The van der Waals surface area contributed by atoms with Crippen LogP contribution in [-0.4, -0.2) is 37.6 Å². The number of nitrogens with one attached hydrogen (secondary N) is 2. The van der Waals surface area contributed by atoms with Gasteiger partial charge in [-0.1, -0.05) is 18.2 Å². The number of rotatable bonds is 3. The molecule has 0 bridgehead atoms. The number of fused-ring (bicyclic) bond motifs is 1. The second-order valence-electron chi connectivity index (χ2n) is 4.88. The Morgan fingerprint density at radius 3 is 2.90 bits per heavy atom. The van der Waals surface area contributed by atoms with Crippen molar-refractivity contribution in [2.75, 3.05) is 24.5 Å². The number of amides is 3. The first kappa shape index (κ1) is 14.3. The molecule has 1 atom stereocenters. The molecular weight excluding hydrogens is 256 g/mol. The Balaban J connectivity index is 2.02. The highest BCUT2D eigenvalue weighted by Crippen LogP contribution is 2.25. The van der Waals surface area contributed by atoms with E-state index in [2.05, 4.69) is 10.6 Å². The zero-order valence-electron chi connectivity index (χ0n) is 11.6. The predicted octanol–water partition coefficient (Wildman–Crippen LogP) is 0.222. The zero-order valence-corrected chi connectivity index (χ0v) is 11.6. The summed E-state index contributed by atoms with van der Waals surface area (Å²) >= 11 is 0. The lowest BCUT2D eigenvalue weighted by Gasteiger charge is -2.34. The number of hydrogen-bond acceptors (Lipinski definition) is 4. The summed E-state index contributed by atoms with van der Waals surface area (Å²) < 4.78 is 0. The van der Waals surface area contributed by atoms with Crippen LogP contribution in [-0.2, 0) is 11.2 Å². The number of para-hydroxylation sites is 1. The van der Waals surface area contributed by atoms with E-state index >= 15 is 0 Å². The van der Waals surface area contributed by atoms with Gasteiger partial charge in [-0.25, -0.2) is 4.79 Å². The summed E-state index contributed by atoms with van der Waals surface area (Å²) in [6.45, 7) is 3.02. The summed E-state index contributed by atoms with van der Waals surface area (Å²) in [6.07, 6.45) is 0.810. The molecule has 1 aromatic carbocycles. The maximum absolute atomic E-state index is 11.9. The third-order valence-corrected chi connectivity index (χ3v) is 3.19. The second kappa shape index (κ2) is 6.38. The highest BCUT2D eigenvalue weighted by atomic mass is 16.2. The molecule has 1 unspecified atom stereocenters. The van der Waals surface area contributed by atoms with Crippen molar-refractivity contribution in [3.63, 3.8) is 0 Å². The van der Waals surface area contributed by atoms with Crippen LogP contribution >= 0.6 is 0 Å². The van der Waals surface area contributed by atoms with E-state index in [1.807, 2.05) is 29.2 Å². The van der Waals surface area contributed by atoms with Crippen LogP contribution < -0.4 is 21.3 Å². The Hall–Kier alpha value is -2.08. The van der Waals surface area contributed by atoms with E-state index < -0.39 is 6.03 Å². The van der Waals surface area contributed by atoms with Gasteiger partial charge in [-0.15, -0.1) is 0 Å². The average Bonchev–Trinajstić information content (AvgIpc) is 2.38. The van der Waals surface area contributed by atoms with E-state index in [0.29, 0.717) is 13.1 Å². The lowest BCUT2D eigenvalue weighted by molar-refractivity contribution is -0.118. The number of imide groups is 1. The van der Waals surface area contributed by atoms with Gasteiger partial charge in [-0.2, -0.15) is 0 Å². The van der Waals surface area contributed by atoms with Crippen molar-refractivity contribution < 1.29 is 9.59 Å². The van der Waals surface area contributed by atoms with Gasteiger partial charge in [0.15, 0.2) is 0 Å². The summed E-state index contributed by atoms with van der Waals surface area (Å²) in [5, 5.41) is 4.83. The highest BCUT2D eigenvalue weighted by Gasteiger charge is 2.23. The van der Waals surface area contributed by atoms with Crippen molar-refractivity contribution in [1.82, 2.24) is 10.6 Å². The van der Waals surface area contributed by atoms with Gasteiger partial charge in [0, 0.05) is 24.8 Å². The number of anilines is 1. The fraction of sp³-hybridized carbons (Fsp3) is 0.429. The predicted molar refractivity (Wildman–Crippen MR) is 77.5 cm³/mol. The molecule has 4 N–H and O–H groups in total. The molecule has 0 aliphatic carbocycles. The average molecular weight is 276 g/mol. The molecule has 20 heavy (non-hydrogen) atoms. The summed E-state index contributed by atoms with van der Waals surface area (Å²) in [6, 6.07) is 7.42. The Labute approximate surface area is 118 Å². The maximum atomic E-state index is 11.9. The number of urea groups is 1. The van der Waals surface area contributed by atoms with Gasteiger partial charge in [-0.3, -0.25) is 10.1 Å². The third-order valence-electron chi connectivity index (χ3n) is 3.19. The molecule has 0 aromatic heterocycles. The fourth-order valence-corrected chi connectivity index (χ4v) is 2.41. The van der Waals surface area contributed by atoms with Gasteiger partial charge in [0.25, 0.3) is 0 Å². The molecule has 0 fully saturated rings. The summed E-state index contributed by atoms with van der Waals surface area (Å²) in [5.74, 6) is -0.333. The minimum Gasteiger partial charge on any atom is -0.360 e. The minimum absolute atomic E-state index is 0.00201. The van der Waals surface area contributed by atoms with Crippen molar-refractivity contribution in [1.29, 1.82) is 0 Å². The van der Waals surface area contributed by atoms with Crippen LogP contribution in [0.2, 0.25) is 0 Å². The van der Waals surface area contributed by atoms with Crippen molar-refractivity contribution in [2.45, 2.75) is 19.4 Å². The van der Waals surface area contributed by atoms with E-state index in [0.717, 1.165) is 17.7 Å². The van der Waals surface area contributed by atoms with Crippen LogP contribution in [0.1, 0.15) is 12.5 Å². The molecule has 1 aliphatic rings. The summed E-state index contributed by atoms with van der Waals surface area (Å²) in [5.41, 5.74) is 8.16. The smallest absolute Gasteiger partial charge is 0.321 e. The van der Waals surface area contributed by atoms with E-state index in [1.165, 1.54) is 0 Å². The van der Waals surface area contributed by atoms with Gasteiger partial charge in [0.2, 0.25) is 5.91 Å². The van der Waals surface area contributed by atoms with Gasteiger partial charge in [0.1, 0.15) is 0 Å². The number of hydrogen-bond donors (Lipinski definition) is 3. The van der Waals surface area contributed by atoms with E-state index in [9.17, 15) is 9.59 Å². The SMILES string of the molecule is CCNC(=O)NC(=O)CN1CC(N)Cc2ccccc21. The number of benzene rings is 1. The molecule has 0 saturated heterocycles. The van der Waals surface area contributed by atoms with Crippen LogP contribution in [0.25, 0.3) is 0 Å². The van der Waals surface area contributed by atoms with E-state index in [-0.39, 0.29) is 18.5 Å². The minimum atomic E-state index is -0.466. The zero-order chi connectivity index (χ0) is 14.5. The van der Waals surface area contributed by atoms with Crippen LogP contribution in [0.4, 0.5) is 10.5 Å². The van der Waals surface area contributed by atoms with Crippen LogP contribution in [0, 0.1) is 0 Å².